The number of rotatable bonds is 10. The maximum atomic E-state index is 10.5. The summed E-state index contributed by atoms with van der Waals surface area (Å²) < 4.78 is 17.6. The minimum absolute atomic E-state index is 0.0265. The van der Waals surface area contributed by atoms with Gasteiger partial charge >= 0.3 is 0 Å². The molecule has 1 saturated carbocycles. The molecule has 1 heterocycles. The Morgan fingerprint density at radius 3 is 2.73 bits per heavy atom. The smallest absolute Gasteiger partial charge is 0.223 e. The molecule has 0 aromatic heterocycles. The molecule has 2 aliphatic rings. The first-order chi connectivity index (χ1) is 14.5. The van der Waals surface area contributed by atoms with Gasteiger partial charge in [0.25, 0.3) is 0 Å². The zero-order chi connectivity index (χ0) is 21.4. The Balaban J connectivity index is 1.65. The first-order valence-corrected chi connectivity index (χ1v) is 11.3. The number of hydrogen-bond acceptors (Lipinski definition) is 5. The molecule has 0 radical (unpaired) electrons. The summed E-state index contributed by atoms with van der Waals surface area (Å²) in [5.41, 5.74) is 0. The van der Waals surface area contributed by atoms with E-state index in [1.807, 2.05) is 24.3 Å². The molecule has 6 heteroatoms. The Morgan fingerprint density at radius 1 is 1.20 bits per heavy atom. The van der Waals surface area contributed by atoms with Crippen LogP contribution in [0.3, 0.4) is 0 Å². The molecule has 0 amide bonds. The Bertz CT molecular complexity index is 713. The third-order valence-corrected chi connectivity index (χ3v) is 6.03. The summed E-state index contributed by atoms with van der Waals surface area (Å²) in [6.45, 7) is 3.30. The summed E-state index contributed by atoms with van der Waals surface area (Å²) in [6, 6.07) is 7.18. The molecule has 4 atom stereocenters. The normalized spacial score (nSPS) is 28.7. The van der Waals surface area contributed by atoms with Crippen LogP contribution in [0.25, 0.3) is 0 Å². The summed E-state index contributed by atoms with van der Waals surface area (Å²) >= 11 is 6.02. The van der Waals surface area contributed by atoms with Gasteiger partial charge in [-0.3, -0.25) is 0 Å². The lowest BCUT2D eigenvalue weighted by Gasteiger charge is -2.26. The topological polar surface area (TPSA) is 68.2 Å². The second-order valence-corrected chi connectivity index (χ2v) is 8.51. The Kier molecular flexibility index (Phi) is 8.78. The molecule has 2 N–H and O–H groups in total. The van der Waals surface area contributed by atoms with Crippen molar-refractivity contribution >= 4 is 11.6 Å². The highest BCUT2D eigenvalue weighted by atomic mass is 35.5. The van der Waals surface area contributed by atoms with Crippen molar-refractivity contribution in [1.82, 2.24) is 0 Å². The van der Waals surface area contributed by atoms with Crippen LogP contribution < -0.4 is 4.74 Å². The number of unbranched alkanes of at least 4 members (excludes halogenated alkanes) is 2. The third kappa shape index (κ3) is 6.32. The lowest BCUT2D eigenvalue weighted by molar-refractivity contribution is -0.139. The van der Waals surface area contributed by atoms with E-state index in [2.05, 4.69) is 19.1 Å². The maximum absolute atomic E-state index is 10.5. The first kappa shape index (κ1) is 23.3. The van der Waals surface area contributed by atoms with Crippen molar-refractivity contribution in [1.29, 1.82) is 0 Å². The molecule has 1 aliphatic heterocycles. The van der Waals surface area contributed by atoms with Crippen LogP contribution in [0.4, 0.5) is 0 Å². The molecule has 0 unspecified atom stereocenters. The number of halogens is 1. The highest BCUT2D eigenvalue weighted by Crippen LogP contribution is 2.37. The number of allylic oxidation sites excluding steroid dienone is 2. The van der Waals surface area contributed by atoms with E-state index in [1.165, 1.54) is 12.8 Å². The van der Waals surface area contributed by atoms with Crippen LogP contribution in [0.5, 0.6) is 5.75 Å². The highest BCUT2D eigenvalue weighted by Gasteiger charge is 2.41. The first-order valence-electron chi connectivity index (χ1n) is 10.9. The van der Waals surface area contributed by atoms with Crippen molar-refractivity contribution in [3.05, 3.63) is 53.6 Å². The standard InChI is InChI=1S/C24H33ClO5/c1-2-3-4-5-6-10-20-21(23(27)16-22(20)26)11-12-24(29-13-14-30-24)17-28-19-9-7-8-18(25)15-19/h5-9,11-12,15,20-23,26-27H,2-4,10,13-14,16-17H2,1H3/b6-5-,12-11+/t20-,21-,22+,23-/m1/s1. The zero-order valence-corrected chi connectivity index (χ0v) is 18.3. The second kappa shape index (κ2) is 11.3. The summed E-state index contributed by atoms with van der Waals surface area (Å²) in [4.78, 5) is 0. The molecule has 1 aromatic rings. The van der Waals surface area contributed by atoms with Gasteiger partial charge < -0.3 is 24.4 Å². The molecule has 0 spiro atoms. The lowest BCUT2D eigenvalue weighted by Crippen LogP contribution is -2.35. The van der Waals surface area contributed by atoms with Crippen molar-refractivity contribution in [2.24, 2.45) is 11.8 Å². The van der Waals surface area contributed by atoms with Gasteiger partial charge in [-0.25, -0.2) is 0 Å². The van der Waals surface area contributed by atoms with Gasteiger partial charge in [0.1, 0.15) is 12.4 Å². The van der Waals surface area contributed by atoms with E-state index in [9.17, 15) is 10.2 Å². The minimum atomic E-state index is -1.00. The predicted molar refractivity (Wildman–Crippen MR) is 118 cm³/mol. The Hall–Kier alpha value is -1.37. The molecule has 3 rings (SSSR count). The summed E-state index contributed by atoms with van der Waals surface area (Å²) in [6.07, 6.45) is 11.5. The van der Waals surface area contributed by atoms with Gasteiger partial charge in [0.2, 0.25) is 5.79 Å². The molecule has 0 bridgehead atoms. The molecule has 5 nitrogen and oxygen atoms in total. The monoisotopic (exact) mass is 436 g/mol. The van der Waals surface area contributed by atoms with Gasteiger partial charge in [-0.1, -0.05) is 55.7 Å². The van der Waals surface area contributed by atoms with E-state index in [1.54, 1.807) is 12.1 Å². The molecule has 30 heavy (non-hydrogen) atoms. The fraction of sp³-hybridized carbons (Fsp3) is 0.583. The van der Waals surface area contributed by atoms with E-state index in [0.717, 1.165) is 12.8 Å². The van der Waals surface area contributed by atoms with E-state index < -0.39 is 18.0 Å². The molecule has 1 aromatic carbocycles. The number of aliphatic hydroxyl groups excluding tert-OH is 2. The number of aliphatic hydroxyl groups is 2. The van der Waals surface area contributed by atoms with Crippen LogP contribution in [0, 0.1) is 11.8 Å². The van der Waals surface area contributed by atoms with Crippen LogP contribution in [-0.2, 0) is 9.47 Å². The molecular formula is C24H33ClO5. The fourth-order valence-corrected chi connectivity index (χ4v) is 4.28. The van der Waals surface area contributed by atoms with Crippen LogP contribution >= 0.6 is 11.6 Å². The number of benzene rings is 1. The van der Waals surface area contributed by atoms with E-state index in [0.29, 0.717) is 30.4 Å². The number of ether oxygens (including phenoxy) is 3. The average Bonchev–Trinajstić information content (AvgIpc) is 3.29. The van der Waals surface area contributed by atoms with E-state index >= 15 is 0 Å². The summed E-state index contributed by atoms with van der Waals surface area (Å²) in [7, 11) is 0. The average molecular weight is 437 g/mol. The molecule has 2 fully saturated rings. The van der Waals surface area contributed by atoms with Gasteiger partial charge in [0, 0.05) is 17.4 Å². The maximum Gasteiger partial charge on any atom is 0.223 e. The van der Waals surface area contributed by atoms with Gasteiger partial charge in [-0.15, -0.1) is 0 Å². The molecule has 1 saturated heterocycles. The van der Waals surface area contributed by atoms with Gasteiger partial charge in [0.05, 0.1) is 25.4 Å². The van der Waals surface area contributed by atoms with Gasteiger partial charge in [-0.2, -0.15) is 0 Å². The van der Waals surface area contributed by atoms with E-state index in [-0.39, 0.29) is 18.4 Å². The van der Waals surface area contributed by atoms with Gasteiger partial charge in [0.15, 0.2) is 0 Å². The van der Waals surface area contributed by atoms with Crippen LogP contribution in [0.15, 0.2) is 48.6 Å². The predicted octanol–water partition coefficient (Wildman–Crippen LogP) is 4.51. The van der Waals surface area contributed by atoms with Crippen molar-refractivity contribution in [3.8, 4) is 5.75 Å². The van der Waals surface area contributed by atoms with E-state index in [4.69, 9.17) is 25.8 Å². The summed E-state index contributed by atoms with van der Waals surface area (Å²) in [5.74, 6) is -0.550. The summed E-state index contributed by atoms with van der Waals surface area (Å²) in [5, 5.41) is 21.5. The zero-order valence-electron chi connectivity index (χ0n) is 17.6. The lowest BCUT2D eigenvalue weighted by atomic mass is 9.89. The Morgan fingerprint density at radius 2 is 2.00 bits per heavy atom. The molecular weight excluding hydrogens is 404 g/mol. The molecule has 166 valence electrons. The number of hydrogen-bond donors (Lipinski definition) is 2. The minimum Gasteiger partial charge on any atom is -0.488 e. The van der Waals surface area contributed by atoms with Crippen LogP contribution in [0.2, 0.25) is 5.02 Å². The quantitative estimate of drug-likeness (QED) is 0.417. The Labute approximate surface area is 184 Å². The highest BCUT2D eigenvalue weighted by molar-refractivity contribution is 6.30. The third-order valence-electron chi connectivity index (χ3n) is 5.80. The van der Waals surface area contributed by atoms with Crippen LogP contribution in [0.1, 0.15) is 39.0 Å². The van der Waals surface area contributed by atoms with Gasteiger partial charge in [-0.05, 0) is 43.0 Å². The molecule has 1 aliphatic carbocycles. The van der Waals surface area contributed by atoms with Crippen molar-refractivity contribution in [3.63, 3.8) is 0 Å². The second-order valence-electron chi connectivity index (χ2n) is 8.07. The van der Waals surface area contributed by atoms with Crippen molar-refractivity contribution < 1.29 is 24.4 Å². The van der Waals surface area contributed by atoms with Crippen molar-refractivity contribution in [2.75, 3.05) is 19.8 Å². The SMILES string of the molecule is CCCC/C=C\C[C@@H]1[C@@H](/C=C/C2(COc3cccc(Cl)c3)OCCO2)[C@H](O)C[C@@H]1O. The van der Waals surface area contributed by atoms with Crippen molar-refractivity contribution in [2.45, 2.75) is 57.0 Å². The van der Waals surface area contributed by atoms with Crippen LogP contribution in [-0.4, -0.2) is 48.0 Å². The fourth-order valence-electron chi connectivity index (χ4n) is 4.10. The largest absolute Gasteiger partial charge is 0.488 e.